The minimum atomic E-state index is -1.21. The van der Waals surface area contributed by atoms with Crippen molar-refractivity contribution in [2.24, 2.45) is 0 Å². The molecule has 0 aromatic carbocycles. The van der Waals surface area contributed by atoms with Gasteiger partial charge in [0.05, 0.1) is 20.3 Å². The van der Waals surface area contributed by atoms with Crippen molar-refractivity contribution >= 4 is 8.07 Å². The van der Waals surface area contributed by atoms with E-state index >= 15 is 0 Å². The lowest BCUT2D eigenvalue weighted by Gasteiger charge is -2.36. The summed E-state index contributed by atoms with van der Waals surface area (Å²) in [5.41, 5.74) is 0.623. The van der Waals surface area contributed by atoms with Gasteiger partial charge in [0.1, 0.15) is 0 Å². The first-order valence-electron chi connectivity index (χ1n) is 7.53. The van der Waals surface area contributed by atoms with Crippen molar-refractivity contribution in [2.45, 2.75) is 81.7 Å². The molecule has 2 nitrogen and oxygen atoms in total. The van der Waals surface area contributed by atoms with Crippen LogP contribution < -0.4 is 0 Å². The molecule has 1 heterocycles. The molecule has 0 N–H and O–H groups in total. The molecule has 1 saturated heterocycles. The number of ether oxygens (including phenoxy) is 2. The molecule has 2 fully saturated rings. The van der Waals surface area contributed by atoms with Gasteiger partial charge in [0.2, 0.25) is 0 Å². The maximum Gasteiger partial charge on any atom is 0.169 e. The molecule has 0 radical (unpaired) electrons. The van der Waals surface area contributed by atoms with Crippen molar-refractivity contribution in [3.05, 3.63) is 12.2 Å². The molecule has 0 bridgehead atoms. The van der Waals surface area contributed by atoms with Crippen LogP contribution in [0.3, 0.4) is 0 Å². The fraction of sp³-hybridized carbons (Fsp3) is 0.867. The minimum absolute atomic E-state index is 0.211. The molecule has 1 aliphatic heterocycles. The van der Waals surface area contributed by atoms with E-state index < -0.39 is 8.07 Å². The van der Waals surface area contributed by atoms with Gasteiger partial charge in [-0.3, -0.25) is 0 Å². The Kier molecular flexibility index (Phi) is 3.19. The summed E-state index contributed by atoms with van der Waals surface area (Å²) in [7, 11) is -1.21. The molecular formula is C15H26O2Si. The van der Waals surface area contributed by atoms with Crippen molar-refractivity contribution < 1.29 is 9.47 Å². The smallest absolute Gasteiger partial charge is 0.169 e. The maximum absolute atomic E-state index is 6.49. The Labute approximate surface area is 112 Å². The fourth-order valence-electron chi connectivity index (χ4n) is 3.76. The van der Waals surface area contributed by atoms with Gasteiger partial charge in [-0.15, -0.1) is 0 Å². The van der Waals surface area contributed by atoms with Crippen LogP contribution in [-0.2, 0) is 9.47 Å². The van der Waals surface area contributed by atoms with Crippen LogP contribution in [0.5, 0.6) is 0 Å². The van der Waals surface area contributed by atoms with Gasteiger partial charge in [0, 0.05) is 18.4 Å². The van der Waals surface area contributed by atoms with Crippen molar-refractivity contribution in [1.29, 1.82) is 0 Å². The molecule has 0 amide bonds. The van der Waals surface area contributed by atoms with Gasteiger partial charge in [-0.1, -0.05) is 38.2 Å². The van der Waals surface area contributed by atoms with Gasteiger partial charge in [0.15, 0.2) is 5.79 Å². The van der Waals surface area contributed by atoms with E-state index in [-0.39, 0.29) is 5.79 Å². The Hall–Kier alpha value is -0.123. The van der Waals surface area contributed by atoms with Gasteiger partial charge in [-0.2, -0.15) is 0 Å². The summed E-state index contributed by atoms with van der Waals surface area (Å²) in [6, 6.07) is 0. The Balaban J connectivity index is 1.80. The van der Waals surface area contributed by atoms with Crippen molar-refractivity contribution in [3.63, 3.8) is 0 Å². The third-order valence-electron chi connectivity index (χ3n) is 4.76. The van der Waals surface area contributed by atoms with Crippen molar-refractivity contribution in [1.82, 2.24) is 0 Å². The largest absolute Gasteiger partial charge is 0.344 e. The highest BCUT2D eigenvalue weighted by Gasteiger charge is 2.52. The number of hydrogen-bond acceptors (Lipinski definition) is 2. The highest BCUT2D eigenvalue weighted by Crippen LogP contribution is 2.48. The molecule has 0 unspecified atom stereocenters. The molecule has 102 valence electrons. The Morgan fingerprint density at radius 1 is 1.06 bits per heavy atom. The molecule has 3 aliphatic rings. The summed E-state index contributed by atoms with van der Waals surface area (Å²) >= 11 is 0. The van der Waals surface area contributed by atoms with Crippen molar-refractivity contribution in [2.75, 3.05) is 0 Å². The Bertz CT molecular complexity index is 339. The molecule has 0 aromatic rings. The third-order valence-corrected chi connectivity index (χ3v) is 7.29. The summed E-state index contributed by atoms with van der Waals surface area (Å²) in [5.74, 6) is -0.211. The standard InChI is InChI=1S/C15H26O2Si/c1-18(2,3)13-9-7-8-12-14(13)17-15(16-12)10-5-4-6-11-15/h7,9,12-14H,4-6,8,10-11H2,1-3H3/t12-,13-,14-/m0/s1. The molecule has 1 saturated carbocycles. The molecule has 1 spiro atoms. The normalized spacial score (nSPS) is 38.9. The topological polar surface area (TPSA) is 18.5 Å². The molecular weight excluding hydrogens is 240 g/mol. The van der Waals surface area contributed by atoms with Gasteiger partial charge < -0.3 is 9.47 Å². The van der Waals surface area contributed by atoms with E-state index in [1.54, 1.807) is 0 Å². The summed E-state index contributed by atoms with van der Waals surface area (Å²) < 4.78 is 12.9. The van der Waals surface area contributed by atoms with E-state index in [9.17, 15) is 0 Å². The first-order valence-corrected chi connectivity index (χ1v) is 11.1. The monoisotopic (exact) mass is 266 g/mol. The first-order chi connectivity index (χ1) is 8.50. The highest BCUT2D eigenvalue weighted by atomic mass is 28.3. The van der Waals surface area contributed by atoms with Crippen LogP contribution in [0.2, 0.25) is 25.2 Å². The lowest BCUT2D eigenvalue weighted by Crippen LogP contribution is -2.42. The lowest BCUT2D eigenvalue weighted by atomic mass is 9.94. The van der Waals surface area contributed by atoms with E-state index in [1.165, 1.54) is 19.3 Å². The minimum Gasteiger partial charge on any atom is -0.344 e. The first kappa shape index (κ1) is 12.9. The zero-order chi connectivity index (χ0) is 12.8. The highest BCUT2D eigenvalue weighted by molar-refractivity contribution is 6.78. The lowest BCUT2D eigenvalue weighted by molar-refractivity contribution is -0.193. The predicted octanol–water partition coefficient (Wildman–Crippen LogP) is 4.10. The third kappa shape index (κ3) is 2.21. The second-order valence-electron chi connectivity index (χ2n) is 7.27. The second kappa shape index (κ2) is 4.46. The van der Waals surface area contributed by atoms with Crippen LogP contribution in [0.15, 0.2) is 12.2 Å². The quantitative estimate of drug-likeness (QED) is 0.525. The van der Waals surface area contributed by atoms with Crippen molar-refractivity contribution in [3.8, 4) is 0 Å². The molecule has 0 aromatic heterocycles. The molecule has 3 atom stereocenters. The zero-order valence-electron chi connectivity index (χ0n) is 11.9. The average molecular weight is 266 g/mol. The van der Waals surface area contributed by atoms with Gasteiger partial charge >= 0.3 is 0 Å². The number of hydrogen-bond donors (Lipinski definition) is 0. The maximum atomic E-state index is 6.49. The summed E-state index contributed by atoms with van der Waals surface area (Å²) in [5, 5.41) is 0. The molecule has 2 aliphatic carbocycles. The van der Waals surface area contributed by atoms with Crippen LogP contribution >= 0.6 is 0 Å². The summed E-state index contributed by atoms with van der Waals surface area (Å²) in [6.07, 6.45) is 12.6. The van der Waals surface area contributed by atoms with E-state index in [2.05, 4.69) is 31.8 Å². The predicted molar refractivity (Wildman–Crippen MR) is 76.4 cm³/mol. The summed E-state index contributed by atoms with van der Waals surface area (Å²) in [4.78, 5) is 0. The zero-order valence-corrected chi connectivity index (χ0v) is 12.9. The number of rotatable bonds is 1. The SMILES string of the molecule is C[Si](C)(C)[C@H]1C=CC[C@@H]2OC3(CCCCC3)O[C@@H]21. The number of fused-ring (bicyclic) bond motifs is 1. The van der Waals surface area contributed by atoms with Crippen LogP contribution in [0.25, 0.3) is 0 Å². The molecule has 3 rings (SSSR count). The molecule has 3 heteroatoms. The van der Waals surface area contributed by atoms with E-state index in [0.29, 0.717) is 17.7 Å². The van der Waals surface area contributed by atoms with Gasteiger partial charge in [-0.05, 0) is 19.3 Å². The Morgan fingerprint density at radius 2 is 1.78 bits per heavy atom. The average Bonchev–Trinajstić information content (AvgIpc) is 2.65. The van der Waals surface area contributed by atoms with Crippen LogP contribution in [0.1, 0.15) is 38.5 Å². The van der Waals surface area contributed by atoms with Crippen LogP contribution in [0, 0.1) is 0 Å². The van der Waals surface area contributed by atoms with Crippen LogP contribution in [-0.4, -0.2) is 26.1 Å². The molecule has 18 heavy (non-hydrogen) atoms. The van der Waals surface area contributed by atoms with Crippen LogP contribution in [0.4, 0.5) is 0 Å². The fourth-order valence-corrected chi connectivity index (χ4v) is 5.74. The van der Waals surface area contributed by atoms with Gasteiger partial charge in [0.25, 0.3) is 0 Å². The van der Waals surface area contributed by atoms with Gasteiger partial charge in [-0.25, -0.2) is 0 Å². The summed E-state index contributed by atoms with van der Waals surface area (Å²) in [6.45, 7) is 7.33. The van der Waals surface area contributed by atoms with E-state index in [4.69, 9.17) is 9.47 Å². The van der Waals surface area contributed by atoms with E-state index in [1.807, 2.05) is 0 Å². The second-order valence-corrected chi connectivity index (χ2v) is 12.7. The Morgan fingerprint density at radius 3 is 2.44 bits per heavy atom. The van der Waals surface area contributed by atoms with E-state index in [0.717, 1.165) is 19.3 Å².